The fourth-order valence-electron chi connectivity index (χ4n) is 2.32. The third-order valence-electron chi connectivity index (χ3n) is 3.63. The number of hydrogen-bond acceptors (Lipinski definition) is 5. The zero-order valence-corrected chi connectivity index (χ0v) is 13.5. The minimum Gasteiger partial charge on any atom is -0.394 e. The molecule has 0 spiro atoms. The van der Waals surface area contributed by atoms with E-state index in [1.807, 2.05) is 60.7 Å². The van der Waals surface area contributed by atoms with Gasteiger partial charge in [0.2, 0.25) is 0 Å². The molecule has 5 nitrogen and oxygen atoms in total. The average molecular weight is 332 g/mol. The second kappa shape index (κ2) is 10.2. The van der Waals surface area contributed by atoms with E-state index in [1.165, 1.54) is 0 Å². The topological polar surface area (TPSA) is 79.2 Å². The van der Waals surface area contributed by atoms with Gasteiger partial charge in [-0.1, -0.05) is 60.7 Å². The van der Waals surface area contributed by atoms with Gasteiger partial charge in [-0.05, 0) is 11.1 Å². The number of benzene rings is 2. The minimum atomic E-state index is -1.18. The number of rotatable bonds is 10. The predicted octanol–water partition coefficient (Wildman–Crippen LogP) is 1.50. The monoisotopic (exact) mass is 332 g/mol. The molecule has 0 radical (unpaired) electrons. The summed E-state index contributed by atoms with van der Waals surface area (Å²) in [4.78, 5) is 0. The van der Waals surface area contributed by atoms with Crippen LogP contribution in [0.3, 0.4) is 0 Å². The van der Waals surface area contributed by atoms with Gasteiger partial charge in [-0.3, -0.25) is 0 Å². The Morgan fingerprint density at radius 2 is 1.29 bits per heavy atom. The largest absolute Gasteiger partial charge is 0.394 e. The first-order valence-corrected chi connectivity index (χ1v) is 7.95. The van der Waals surface area contributed by atoms with Gasteiger partial charge in [0.25, 0.3) is 0 Å². The van der Waals surface area contributed by atoms with Crippen molar-refractivity contribution >= 4 is 0 Å². The molecule has 24 heavy (non-hydrogen) atoms. The summed E-state index contributed by atoms with van der Waals surface area (Å²) in [6.07, 6.45) is -3.14. The molecule has 0 saturated heterocycles. The van der Waals surface area contributed by atoms with E-state index < -0.39 is 24.9 Å². The molecule has 0 aliphatic heterocycles. The van der Waals surface area contributed by atoms with Gasteiger partial charge < -0.3 is 24.8 Å². The van der Waals surface area contributed by atoms with E-state index in [1.54, 1.807) is 0 Å². The molecule has 5 heteroatoms. The van der Waals surface area contributed by atoms with Crippen LogP contribution in [0.15, 0.2) is 60.7 Å². The minimum absolute atomic E-state index is 0.00537. The second-order valence-corrected chi connectivity index (χ2v) is 5.58. The van der Waals surface area contributed by atoms with Crippen LogP contribution in [0.4, 0.5) is 0 Å². The Morgan fingerprint density at radius 1 is 0.750 bits per heavy atom. The Labute approximate surface area is 142 Å². The van der Waals surface area contributed by atoms with Crippen LogP contribution < -0.4 is 0 Å². The highest BCUT2D eigenvalue weighted by Crippen LogP contribution is 2.11. The highest BCUT2D eigenvalue weighted by atomic mass is 16.5. The highest BCUT2D eigenvalue weighted by molar-refractivity contribution is 5.14. The number of ether oxygens (including phenoxy) is 2. The third-order valence-corrected chi connectivity index (χ3v) is 3.63. The molecule has 0 fully saturated rings. The van der Waals surface area contributed by atoms with Crippen LogP contribution in [0.2, 0.25) is 0 Å². The summed E-state index contributed by atoms with van der Waals surface area (Å²) in [5, 5.41) is 29.3. The van der Waals surface area contributed by atoms with Crippen LogP contribution in [-0.4, -0.2) is 46.8 Å². The molecule has 0 unspecified atom stereocenters. The Bertz CT molecular complexity index is 560. The molecule has 2 aromatic carbocycles. The quantitative estimate of drug-likeness (QED) is 0.614. The van der Waals surface area contributed by atoms with Gasteiger partial charge >= 0.3 is 0 Å². The Kier molecular flexibility index (Phi) is 7.88. The fourth-order valence-corrected chi connectivity index (χ4v) is 2.32. The van der Waals surface area contributed by atoms with Gasteiger partial charge in [-0.2, -0.15) is 0 Å². The normalized spacial score (nSPS) is 15.0. The van der Waals surface area contributed by atoms with Crippen molar-refractivity contribution in [2.45, 2.75) is 31.5 Å². The molecule has 2 rings (SSSR count). The molecule has 0 bridgehead atoms. The molecular formula is C19H24O5. The average Bonchev–Trinajstić information content (AvgIpc) is 2.63. The van der Waals surface area contributed by atoms with Crippen molar-refractivity contribution in [3.05, 3.63) is 71.8 Å². The van der Waals surface area contributed by atoms with Crippen molar-refractivity contribution < 1.29 is 24.8 Å². The maximum Gasteiger partial charge on any atom is 0.114 e. The van der Waals surface area contributed by atoms with E-state index in [4.69, 9.17) is 9.47 Å². The maximum absolute atomic E-state index is 10.2. The third kappa shape index (κ3) is 6.03. The summed E-state index contributed by atoms with van der Waals surface area (Å²) in [7, 11) is 0. The number of aliphatic hydroxyl groups is 3. The number of aliphatic hydroxyl groups excluding tert-OH is 3. The molecule has 0 aliphatic rings. The Balaban J connectivity index is 1.84. The first kappa shape index (κ1) is 18.6. The Morgan fingerprint density at radius 3 is 1.83 bits per heavy atom. The van der Waals surface area contributed by atoms with E-state index in [9.17, 15) is 15.3 Å². The maximum atomic E-state index is 10.2. The lowest BCUT2D eigenvalue weighted by atomic mass is 10.1. The zero-order valence-electron chi connectivity index (χ0n) is 13.5. The lowest BCUT2D eigenvalue weighted by molar-refractivity contribution is -0.136. The van der Waals surface area contributed by atoms with Gasteiger partial charge in [0.1, 0.15) is 18.3 Å². The summed E-state index contributed by atoms with van der Waals surface area (Å²) in [6, 6.07) is 19.1. The lowest BCUT2D eigenvalue weighted by Gasteiger charge is -2.26. The van der Waals surface area contributed by atoms with Crippen LogP contribution in [0.25, 0.3) is 0 Å². The molecule has 0 aliphatic carbocycles. The summed E-state index contributed by atoms with van der Waals surface area (Å²) in [5.41, 5.74) is 1.92. The molecular weight excluding hydrogens is 308 g/mol. The van der Waals surface area contributed by atoms with Gasteiger partial charge in [0, 0.05) is 0 Å². The van der Waals surface area contributed by atoms with Crippen LogP contribution in [0.1, 0.15) is 11.1 Å². The van der Waals surface area contributed by atoms with E-state index in [2.05, 4.69) is 0 Å². The number of hydrogen-bond donors (Lipinski definition) is 3. The van der Waals surface area contributed by atoms with Gasteiger partial charge in [-0.25, -0.2) is 0 Å². The van der Waals surface area contributed by atoms with Crippen LogP contribution in [-0.2, 0) is 22.7 Å². The van der Waals surface area contributed by atoms with Crippen molar-refractivity contribution in [3.63, 3.8) is 0 Å². The second-order valence-electron chi connectivity index (χ2n) is 5.58. The van der Waals surface area contributed by atoms with Crippen LogP contribution in [0, 0.1) is 0 Å². The van der Waals surface area contributed by atoms with Gasteiger partial charge in [-0.15, -0.1) is 0 Å². The molecule has 3 N–H and O–H groups in total. The van der Waals surface area contributed by atoms with Crippen LogP contribution >= 0.6 is 0 Å². The summed E-state index contributed by atoms with van der Waals surface area (Å²) < 4.78 is 11.1. The van der Waals surface area contributed by atoms with Crippen molar-refractivity contribution in [2.75, 3.05) is 13.2 Å². The molecule has 0 heterocycles. The Hall–Kier alpha value is -1.76. The molecule has 0 saturated carbocycles. The van der Waals surface area contributed by atoms with E-state index in [0.717, 1.165) is 11.1 Å². The van der Waals surface area contributed by atoms with E-state index in [0.29, 0.717) is 6.61 Å². The van der Waals surface area contributed by atoms with Crippen molar-refractivity contribution in [2.24, 2.45) is 0 Å². The van der Waals surface area contributed by atoms with Gasteiger partial charge in [0.05, 0.1) is 26.4 Å². The molecule has 0 amide bonds. The fraction of sp³-hybridized carbons (Fsp3) is 0.368. The van der Waals surface area contributed by atoms with Crippen molar-refractivity contribution in [1.82, 2.24) is 0 Å². The summed E-state index contributed by atoms with van der Waals surface area (Å²) >= 11 is 0. The molecule has 130 valence electrons. The standard InChI is InChI=1S/C19H24O5/c20-11-17(21)19(24-13-16-9-5-2-6-10-16)18(22)14-23-12-15-7-3-1-4-8-15/h1-10,17-22H,11-14H2/t17-,18+,19+/m1/s1. The van der Waals surface area contributed by atoms with E-state index in [-0.39, 0.29) is 13.2 Å². The van der Waals surface area contributed by atoms with Gasteiger partial charge in [0.15, 0.2) is 0 Å². The molecule has 3 atom stereocenters. The SMILES string of the molecule is OC[C@@H](O)[C@H](OCc1ccccc1)[C@@H](O)COCc1ccccc1. The molecule has 2 aromatic rings. The predicted molar refractivity (Wildman–Crippen MR) is 90.2 cm³/mol. The van der Waals surface area contributed by atoms with Crippen LogP contribution in [0.5, 0.6) is 0 Å². The van der Waals surface area contributed by atoms with Crippen molar-refractivity contribution in [3.8, 4) is 0 Å². The highest BCUT2D eigenvalue weighted by Gasteiger charge is 2.27. The first-order chi connectivity index (χ1) is 11.7. The first-order valence-electron chi connectivity index (χ1n) is 7.95. The van der Waals surface area contributed by atoms with Crippen molar-refractivity contribution in [1.29, 1.82) is 0 Å². The smallest absolute Gasteiger partial charge is 0.114 e. The van der Waals surface area contributed by atoms with E-state index >= 15 is 0 Å². The zero-order chi connectivity index (χ0) is 17.2. The molecule has 0 aromatic heterocycles. The summed E-state index contributed by atoms with van der Waals surface area (Å²) in [5.74, 6) is 0. The lowest BCUT2D eigenvalue weighted by Crippen LogP contribution is -2.43. The summed E-state index contributed by atoms with van der Waals surface area (Å²) in [6.45, 7) is 0.109.